The standard InChI is InChI=1S/C19H15ClN2O3S/c1-2-22-17(23)16(10-12-6-8-14(20)9-7-12)26-19(22)21-15-5-3-4-13(11-15)18(24)25/h3-11H,2H2,1H3,(H,24,25)/p-1/b16-10+,21-19?. The van der Waals surface area contributed by atoms with Gasteiger partial charge in [-0.05, 0) is 60.2 Å². The topological polar surface area (TPSA) is 72.8 Å². The van der Waals surface area contributed by atoms with Crippen molar-refractivity contribution in [2.45, 2.75) is 6.92 Å². The molecule has 0 spiro atoms. The number of likely N-dealkylation sites (N-methyl/N-ethyl adjacent to an activating group) is 1. The maximum absolute atomic E-state index is 12.6. The number of hydrogen-bond donors (Lipinski definition) is 0. The van der Waals surface area contributed by atoms with Crippen LogP contribution in [-0.4, -0.2) is 28.5 Å². The number of carbonyl (C=O) groups excluding carboxylic acids is 2. The van der Waals surface area contributed by atoms with E-state index in [1.165, 1.54) is 23.9 Å². The number of nitrogens with zero attached hydrogens (tertiary/aromatic N) is 2. The number of carboxylic acids is 1. The Morgan fingerprint density at radius 2 is 2.00 bits per heavy atom. The van der Waals surface area contributed by atoms with Crippen LogP contribution >= 0.6 is 23.4 Å². The molecular weight excluding hydrogens is 372 g/mol. The lowest BCUT2D eigenvalue weighted by Crippen LogP contribution is -2.28. The van der Waals surface area contributed by atoms with Crippen molar-refractivity contribution >= 4 is 52.2 Å². The number of aromatic carboxylic acids is 1. The van der Waals surface area contributed by atoms with Crippen LogP contribution < -0.4 is 5.11 Å². The van der Waals surface area contributed by atoms with E-state index in [0.717, 1.165) is 5.56 Å². The molecule has 7 heteroatoms. The maximum Gasteiger partial charge on any atom is 0.266 e. The fourth-order valence-electron chi connectivity index (χ4n) is 2.39. The molecule has 132 valence electrons. The monoisotopic (exact) mass is 385 g/mol. The minimum absolute atomic E-state index is 0.0427. The molecule has 3 rings (SSSR count). The molecule has 1 fully saturated rings. The molecule has 0 bridgehead atoms. The average Bonchev–Trinajstić information content (AvgIpc) is 2.91. The largest absolute Gasteiger partial charge is 0.545 e. The Bertz CT molecular complexity index is 923. The van der Waals surface area contributed by atoms with E-state index in [9.17, 15) is 14.7 Å². The van der Waals surface area contributed by atoms with Crippen LogP contribution in [0.5, 0.6) is 0 Å². The van der Waals surface area contributed by atoms with Crippen molar-refractivity contribution in [2.24, 2.45) is 4.99 Å². The summed E-state index contributed by atoms with van der Waals surface area (Å²) in [7, 11) is 0. The fourth-order valence-corrected chi connectivity index (χ4v) is 3.58. The van der Waals surface area contributed by atoms with Crippen LogP contribution in [0.25, 0.3) is 6.08 Å². The molecule has 1 amide bonds. The second kappa shape index (κ2) is 7.76. The third kappa shape index (κ3) is 3.98. The quantitative estimate of drug-likeness (QED) is 0.757. The lowest BCUT2D eigenvalue weighted by molar-refractivity contribution is -0.255. The smallest absolute Gasteiger partial charge is 0.266 e. The highest BCUT2D eigenvalue weighted by molar-refractivity contribution is 8.18. The van der Waals surface area contributed by atoms with E-state index in [0.29, 0.717) is 27.3 Å². The number of aliphatic imine (C=N–C) groups is 1. The Hall–Kier alpha value is -2.57. The van der Waals surface area contributed by atoms with Crippen LogP contribution in [-0.2, 0) is 4.79 Å². The third-order valence-electron chi connectivity index (χ3n) is 3.68. The molecule has 0 N–H and O–H groups in total. The predicted octanol–water partition coefficient (Wildman–Crippen LogP) is 3.33. The molecule has 2 aromatic rings. The van der Waals surface area contributed by atoms with Gasteiger partial charge >= 0.3 is 0 Å². The van der Waals surface area contributed by atoms with Crippen LogP contribution in [0.2, 0.25) is 5.02 Å². The third-order valence-corrected chi connectivity index (χ3v) is 4.94. The van der Waals surface area contributed by atoms with Crippen molar-refractivity contribution in [3.05, 3.63) is 69.6 Å². The number of benzene rings is 2. The van der Waals surface area contributed by atoms with Gasteiger partial charge < -0.3 is 9.90 Å². The van der Waals surface area contributed by atoms with Gasteiger partial charge in [-0.15, -0.1) is 0 Å². The molecule has 0 unspecified atom stereocenters. The van der Waals surface area contributed by atoms with Crippen LogP contribution in [0.4, 0.5) is 5.69 Å². The van der Waals surface area contributed by atoms with Crippen LogP contribution in [0.1, 0.15) is 22.8 Å². The number of carbonyl (C=O) groups is 2. The van der Waals surface area contributed by atoms with Gasteiger partial charge in [-0.2, -0.15) is 0 Å². The number of amidine groups is 1. The highest BCUT2D eigenvalue weighted by atomic mass is 35.5. The van der Waals surface area contributed by atoms with Crippen molar-refractivity contribution in [1.82, 2.24) is 4.90 Å². The Morgan fingerprint density at radius 1 is 1.27 bits per heavy atom. The van der Waals surface area contributed by atoms with Gasteiger partial charge in [0.05, 0.1) is 16.6 Å². The number of thioether (sulfide) groups is 1. The molecule has 0 aliphatic carbocycles. The predicted molar refractivity (Wildman–Crippen MR) is 102 cm³/mol. The molecule has 1 heterocycles. The zero-order chi connectivity index (χ0) is 18.7. The highest BCUT2D eigenvalue weighted by Gasteiger charge is 2.32. The SMILES string of the molecule is CCN1C(=O)/C(=C\c2ccc(Cl)cc2)SC1=Nc1cccc(C(=O)[O-])c1. The summed E-state index contributed by atoms with van der Waals surface area (Å²) in [6, 6.07) is 13.3. The Labute approximate surface area is 160 Å². The molecule has 0 radical (unpaired) electrons. The first-order valence-corrected chi connectivity index (χ1v) is 9.04. The second-order valence-electron chi connectivity index (χ2n) is 5.44. The summed E-state index contributed by atoms with van der Waals surface area (Å²) >= 11 is 7.14. The van der Waals surface area contributed by atoms with Crippen LogP contribution in [0.15, 0.2) is 58.4 Å². The normalized spacial score (nSPS) is 17.3. The van der Waals surface area contributed by atoms with E-state index < -0.39 is 5.97 Å². The number of carboxylic acid groups (broad SMARTS) is 1. The maximum atomic E-state index is 12.6. The van der Waals surface area contributed by atoms with Gasteiger partial charge in [0, 0.05) is 11.6 Å². The summed E-state index contributed by atoms with van der Waals surface area (Å²) in [4.78, 5) is 30.1. The van der Waals surface area contributed by atoms with Gasteiger partial charge in [0.15, 0.2) is 5.17 Å². The van der Waals surface area contributed by atoms with Gasteiger partial charge in [-0.3, -0.25) is 9.69 Å². The number of rotatable bonds is 4. The summed E-state index contributed by atoms with van der Waals surface area (Å²) in [5, 5.41) is 12.1. The summed E-state index contributed by atoms with van der Waals surface area (Å²) in [5.41, 5.74) is 1.36. The fraction of sp³-hybridized carbons (Fsp3) is 0.105. The zero-order valence-electron chi connectivity index (χ0n) is 13.8. The first-order valence-electron chi connectivity index (χ1n) is 7.85. The van der Waals surface area contributed by atoms with Crippen LogP contribution in [0, 0.1) is 0 Å². The molecule has 1 aliphatic heterocycles. The molecule has 1 saturated heterocycles. The highest BCUT2D eigenvalue weighted by Crippen LogP contribution is 2.34. The zero-order valence-corrected chi connectivity index (χ0v) is 15.4. The molecule has 2 aromatic carbocycles. The minimum Gasteiger partial charge on any atom is -0.545 e. The molecule has 0 saturated carbocycles. The molecule has 0 aromatic heterocycles. The van der Waals surface area contributed by atoms with E-state index in [2.05, 4.69) is 4.99 Å². The van der Waals surface area contributed by atoms with Crippen molar-refractivity contribution < 1.29 is 14.7 Å². The second-order valence-corrected chi connectivity index (χ2v) is 6.89. The molecule has 0 atom stereocenters. The summed E-state index contributed by atoms with van der Waals surface area (Å²) in [5.74, 6) is -1.40. The van der Waals surface area contributed by atoms with Gasteiger partial charge in [0.2, 0.25) is 0 Å². The lowest BCUT2D eigenvalue weighted by Gasteiger charge is -2.12. The summed E-state index contributed by atoms with van der Waals surface area (Å²) in [6.45, 7) is 2.32. The van der Waals surface area contributed by atoms with Gasteiger partial charge in [0.1, 0.15) is 0 Å². The average molecular weight is 386 g/mol. The van der Waals surface area contributed by atoms with Gasteiger partial charge in [-0.1, -0.05) is 35.9 Å². The van der Waals surface area contributed by atoms with E-state index in [1.54, 1.807) is 35.2 Å². The number of amides is 1. The number of hydrogen-bond acceptors (Lipinski definition) is 5. The van der Waals surface area contributed by atoms with E-state index in [1.807, 2.05) is 19.1 Å². The molecular formula is C19H14ClN2O3S-. The minimum atomic E-state index is -1.27. The first-order chi connectivity index (χ1) is 12.5. The van der Waals surface area contributed by atoms with Crippen LogP contribution in [0.3, 0.4) is 0 Å². The summed E-state index contributed by atoms with van der Waals surface area (Å²) in [6.07, 6.45) is 1.78. The molecule has 1 aliphatic rings. The van der Waals surface area contributed by atoms with Crippen molar-refractivity contribution in [3.63, 3.8) is 0 Å². The Balaban J connectivity index is 1.93. The Kier molecular flexibility index (Phi) is 5.44. The van der Waals surface area contributed by atoms with E-state index in [-0.39, 0.29) is 11.5 Å². The first kappa shape index (κ1) is 18.2. The molecule has 26 heavy (non-hydrogen) atoms. The van der Waals surface area contributed by atoms with Crippen molar-refractivity contribution in [1.29, 1.82) is 0 Å². The van der Waals surface area contributed by atoms with E-state index in [4.69, 9.17) is 11.6 Å². The van der Waals surface area contributed by atoms with Gasteiger partial charge in [-0.25, -0.2) is 4.99 Å². The lowest BCUT2D eigenvalue weighted by atomic mass is 10.2. The van der Waals surface area contributed by atoms with Crippen molar-refractivity contribution in [3.8, 4) is 0 Å². The summed E-state index contributed by atoms with van der Waals surface area (Å²) < 4.78 is 0. The Morgan fingerprint density at radius 3 is 2.65 bits per heavy atom. The number of halogens is 1. The van der Waals surface area contributed by atoms with Crippen molar-refractivity contribution in [2.75, 3.05) is 6.54 Å². The van der Waals surface area contributed by atoms with E-state index >= 15 is 0 Å². The molecule has 5 nitrogen and oxygen atoms in total. The van der Waals surface area contributed by atoms with Gasteiger partial charge in [0.25, 0.3) is 5.91 Å².